The fourth-order valence-electron chi connectivity index (χ4n) is 2.56. The van der Waals surface area contributed by atoms with E-state index in [0.717, 1.165) is 0 Å². The van der Waals surface area contributed by atoms with Crippen LogP contribution in [0.25, 0.3) is 0 Å². The van der Waals surface area contributed by atoms with Gasteiger partial charge in [-0.15, -0.1) is 0 Å². The van der Waals surface area contributed by atoms with Crippen LogP contribution in [0.1, 0.15) is 24.4 Å². The van der Waals surface area contributed by atoms with Crippen LogP contribution in [0.2, 0.25) is 0 Å². The van der Waals surface area contributed by atoms with Crippen LogP contribution in [-0.4, -0.2) is 37.4 Å². The molecule has 8 heteroatoms. The summed E-state index contributed by atoms with van der Waals surface area (Å²) in [5, 5.41) is 14.0. The minimum Gasteiger partial charge on any atom is -0.381 e. The molecule has 0 saturated carbocycles. The molecule has 0 bridgehead atoms. The first-order valence-electron chi connectivity index (χ1n) is 7.51. The number of carbonyl (C=O) groups is 1. The van der Waals surface area contributed by atoms with E-state index in [1.807, 2.05) is 6.07 Å². The van der Waals surface area contributed by atoms with Crippen molar-refractivity contribution in [3.63, 3.8) is 0 Å². The second-order valence-corrected chi connectivity index (χ2v) is 5.62. The minimum absolute atomic E-state index is 0.0267. The van der Waals surface area contributed by atoms with Crippen LogP contribution < -0.4 is 10.6 Å². The SMILES string of the molecule is N#CC1(NC(=O)CNC(c2ccccc2)C(F)(F)F)CCOCC1. The average Bonchev–Trinajstić information content (AvgIpc) is 2.55. The van der Waals surface area contributed by atoms with Crippen molar-refractivity contribution in [3.05, 3.63) is 35.9 Å². The topological polar surface area (TPSA) is 74.2 Å². The smallest absolute Gasteiger partial charge is 0.381 e. The fraction of sp³-hybridized carbons (Fsp3) is 0.500. The van der Waals surface area contributed by atoms with E-state index in [1.165, 1.54) is 24.3 Å². The molecule has 1 unspecified atom stereocenters. The molecule has 1 atom stereocenters. The Hall–Kier alpha value is -2.11. The summed E-state index contributed by atoms with van der Waals surface area (Å²) < 4.78 is 44.7. The molecule has 1 aromatic carbocycles. The fourth-order valence-corrected chi connectivity index (χ4v) is 2.56. The van der Waals surface area contributed by atoms with Crippen LogP contribution >= 0.6 is 0 Å². The monoisotopic (exact) mass is 341 g/mol. The van der Waals surface area contributed by atoms with E-state index in [0.29, 0.717) is 26.1 Å². The van der Waals surface area contributed by atoms with E-state index in [9.17, 15) is 23.2 Å². The van der Waals surface area contributed by atoms with Crippen molar-refractivity contribution in [2.75, 3.05) is 19.8 Å². The van der Waals surface area contributed by atoms with Crippen molar-refractivity contribution in [1.29, 1.82) is 5.26 Å². The van der Waals surface area contributed by atoms with Crippen LogP contribution in [-0.2, 0) is 9.53 Å². The van der Waals surface area contributed by atoms with Gasteiger partial charge in [-0.05, 0) is 5.56 Å². The standard InChI is InChI=1S/C16H18F3N3O2/c17-16(18,19)14(12-4-2-1-3-5-12)21-10-13(23)22-15(11-20)6-8-24-9-7-15/h1-5,14,21H,6-10H2,(H,22,23). The normalized spacial score (nSPS) is 18.4. The van der Waals surface area contributed by atoms with Gasteiger partial charge in [-0.3, -0.25) is 10.1 Å². The van der Waals surface area contributed by atoms with Crippen molar-refractivity contribution in [3.8, 4) is 6.07 Å². The maximum atomic E-state index is 13.2. The third-order valence-corrected chi connectivity index (χ3v) is 3.87. The number of rotatable bonds is 5. The number of alkyl halides is 3. The average molecular weight is 341 g/mol. The second-order valence-electron chi connectivity index (χ2n) is 5.62. The van der Waals surface area contributed by atoms with Crippen molar-refractivity contribution in [1.82, 2.24) is 10.6 Å². The van der Waals surface area contributed by atoms with Crippen molar-refractivity contribution < 1.29 is 22.7 Å². The first kappa shape index (κ1) is 18.2. The zero-order valence-corrected chi connectivity index (χ0v) is 12.9. The number of hydrogen-bond donors (Lipinski definition) is 2. The van der Waals surface area contributed by atoms with E-state index in [2.05, 4.69) is 10.6 Å². The van der Waals surface area contributed by atoms with Gasteiger partial charge in [-0.1, -0.05) is 30.3 Å². The molecule has 24 heavy (non-hydrogen) atoms. The van der Waals surface area contributed by atoms with E-state index < -0.39 is 30.2 Å². The predicted molar refractivity (Wildman–Crippen MR) is 79.8 cm³/mol. The highest BCUT2D eigenvalue weighted by Crippen LogP contribution is 2.32. The third kappa shape index (κ3) is 4.69. The maximum Gasteiger partial charge on any atom is 0.407 e. The molecule has 0 spiro atoms. The number of nitrogens with one attached hydrogen (secondary N) is 2. The van der Waals surface area contributed by atoms with Crippen LogP contribution in [0, 0.1) is 11.3 Å². The number of carbonyl (C=O) groups excluding carboxylic acids is 1. The summed E-state index contributed by atoms with van der Waals surface area (Å²) in [4.78, 5) is 12.0. The molecule has 2 rings (SSSR count). The highest BCUT2D eigenvalue weighted by atomic mass is 19.4. The molecule has 1 aromatic rings. The van der Waals surface area contributed by atoms with Crippen LogP contribution in [0.15, 0.2) is 30.3 Å². The highest BCUT2D eigenvalue weighted by molar-refractivity contribution is 5.79. The van der Waals surface area contributed by atoms with Gasteiger partial charge >= 0.3 is 6.18 Å². The van der Waals surface area contributed by atoms with Gasteiger partial charge in [0.1, 0.15) is 11.6 Å². The number of nitriles is 1. The molecule has 2 N–H and O–H groups in total. The Kier molecular flexibility index (Phi) is 5.80. The Balaban J connectivity index is 1.99. The van der Waals surface area contributed by atoms with Crippen molar-refractivity contribution in [2.45, 2.75) is 30.6 Å². The molecular weight excluding hydrogens is 323 g/mol. The second kappa shape index (κ2) is 7.64. The molecule has 1 saturated heterocycles. The molecule has 1 aliphatic heterocycles. The lowest BCUT2D eigenvalue weighted by atomic mass is 9.92. The molecule has 5 nitrogen and oxygen atoms in total. The Bertz CT molecular complexity index is 593. The quantitative estimate of drug-likeness (QED) is 0.860. The van der Waals surface area contributed by atoms with Gasteiger partial charge in [0, 0.05) is 26.1 Å². The first-order valence-corrected chi connectivity index (χ1v) is 7.51. The lowest BCUT2D eigenvalue weighted by Gasteiger charge is -2.32. The molecule has 1 aliphatic rings. The van der Waals surface area contributed by atoms with Gasteiger partial charge in [0.25, 0.3) is 0 Å². The van der Waals surface area contributed by atoms with E-state index in [1.54, 1.807) is 6.07 Å². The minimum atomic E-state index is -4.53. The first-order chi connectivity index (χ1) is 11.4. The van der Waals surface area contributed by atoms with Crippen molar-refractivity contribution >= 4 is 5.91 Å². The summed E-state index contributed by atoms with van der Waals surface area (Å²) in [6, 6.07) is 7.40. The van der Waals surface area contributed by atoms with Gasteiger partial charge in [0.15, 0.2) is 0 Å². The molecule has 0 aliphatic carbocycles. The molecule has 130 valence electrons. The molecule has 1 fully saturated rings. The summed E-state index contributed by atoms with van der Waals surface area (Å²) in [5.41, 5.74) is -1.05. The van der Waals surface area contributed by atoms with Gasteiger partial charge in [-0.2, -0.15) is 18.4 Å². The zero-order valence-electron chi connectivity index (χ0n) is 12.9. The number of ether oxygens (including phenoxy) is 1. The zero-order chi connectivity index (χ0) is 17.6. The van der Waals surface area contributed by atoms with E-state index >= 15 is 0 Å². The van der Waals surface area contributed by atoms with Gasteiger partial charge < -0.3 is 10.1 Å². The Labute approximate surface area is 137 Å². The van der Waals surface area contributed by atoms with Gasteiger partial charge in [-0.25, -0.2) is 0 Å². The third-order valence-electron chi connectivity index (χ3n) is 3.87. The number of halogens is 3. The molecule has 1 amide bonds. The summed E-state index contributed by atoms with van der Waals surface area (Å²) in [7, 11) is 0. The summed E-state index contributed by atoms with van der Waals surface area (Å²) >= 11 is 0. The van der Waals surface area contributed by atoms with E-state index in [4.69, 9.17) is 4.74 Å². The lowest BCUT2D eigenvalue weighted by Crippen LogP contribution is -2.53. The van der Waals surface area contributed by atoms with Crippen LogP contribution in [0.4, 0.5) is 13.2 Å². The van der Waals surface area contributed by atoms with E-state index in [-0.39, 0.29) is 5.56 Å². The lowest BCUT2D eigenvalue weighted by molar-refractivity contribution is -0.158. The molecule has 0 aromatic heterocycles. The Morgan fingerprint density at radius 1 is 1.29 bits per heavy atom. The molecule has 1 heterocycles. The number of nitrogens with zero attached hydrogens (tertiary/aromatic N) is 1. The highest BCUT2D eigenvalue weighted by Gasteiger charge is 2.41. The number of amides is 1. The van der Waals surface area contributed by atoms with Crippen molar-refractivity contribution in [2.24, 2.45) is 0 Å². The largest absolute Gasteiger partial charge is 0.407 e. The number of hydrogen-bond acceptors (Lipinski definition) is 4. The van der Waals surface area contributed by atoms with Crippen LogP contribution in [0.3, 0.4) is 0 Å². The Morgan fingerprint density at radius 3 is 2.46 bits per heavy atom. The molecular formula is C16H18F3N3O2. The summed E-state index contributed by atoms with van der Waals surface area (Å²) in [5.74, 6) is -0.649. The maximum absolute atomic E-state index is 13.2. The predicted octanol–water partition coefficient (Wildman–Crippen LogP) is 2.07. The molecule has 0 radical (unpaired) electrons. The van der Waals surface area contributed by atoms with Crippen LogP contribution in [0.5, 0.6) is 0 Å². The summed E-state index contributed by atoms with van der Waals surface area (Å²) in [6.07, 6.45) is -3.90. The Morgan fingerprint density at radius 2 is 1.92 bits per heavy atom. The van der Waals surface area contributed by atoms with Gasteiger partial charge in [0.2, 0.25) is 5.91 Å². The summed E-state index contributed by atoms with van der Waals surface area (Å²) in [6.45, 7) is 0.121. The number of benzene rings is 1. The van der Waals surface area contributed by atoms with Gasteiger partial charge in [0.05, 0.1) is 12.6 Å².